The molecular formula is C44H46N6O6. The average Bonchev–Trinajstić information content (AvgIpc) is 3.18. The summed E-state index contributed by atoms with van der Waals surface area (Å²) in [5.74, 6) is 3.12. The Morgan fingerprint density at radius 1 is 0.946 bits per heavy atom. The molecule has 288 valence electrons. The lowest BCUT2D eigenvalue weighted by molar-refractivity contribution is 0.0383. The van der Waals surface area contributed by atoms with Gasteiger partial charge in [-0.15, -0.1) is 6.42 Å². The van der Waals surface area contributed by atoms with Crippen molar-refractivity contribution >= 4 is 40.0 Å². The predicted octanol–water partition coefficient (Wildman–Crippen LogP) is 6.71. The van der Waals surface area contributed by atoms with Crippen molar-refractivity contribution in [1.82, 2.24) is 15.2 Å². The smallest absolute Gasteiger partial charge is 0.323 e. The molecule has 5 N–H and O–H groups in total. The third kappa shape index (κ3) is 9.62. The largest absolute Gasteiger partial charge is 0.494 e. The monoisotopic (exact) mass is 754 g/mol. The Morgan fingerprint density at radius 2 is 1.70 bits per heavy atom. The number of aromatic nitrogens is 1. The van der Waals surface area contributed by atoms with Crippen LogP contribution >= 0.6 is 0 Å². The molecular weight excluding hydrogens is 709 g/mol. The van der Waals surface area contributed by atoms with Gasteiger partial charge in [0, 0.05) is 72.5 Å². The normalized spacial score (nSPS) is 13.1. The Labute approximate surface area is 326 Å². The number of urea groups is 1. The van der Waals surface area contributed by atoms with E-state index >= 15 is 0 Å². The lowest BCUT2D eigenvalue weighted by Crippen LogP contribution is -2.41. The number of nitrogens with two attached hydrogens (primary N) is 1. The van der Waals surface area contributed by atoms with Crippen LogP contribution in [-0.2, 0) is 16.6 Å². The first kappa shape index (κ1) is 39.3. The summed E-state index contributed by atoms with van der Waals surface area (Å²) in [5, 5.41) is 10.3. The Kier molecular flexibility index (Phi) is 12.2. The topological polar surface area (TPSA) is 157 Å². The molecule has 4 aromatic carbocycles. The molecule has 1 fully saturated rings. The minimum absolute atomic E-state index is 0.172. The minimum Gasteiger partial charge on any atom is -0.494 e. The maximum atomic E-state index is 13.4. The van der Waals surface area contributed by atoms with E-state index in [4.69, 9.17) is 26.4 Å². The number of methoxy groups -OCH3 is 1. The van der Waals surface area contributed by atoms with Gasteiger partial charge in [0.15, 0.2) is 5.75 Å². The van der Waals surface area contributed by atoms with Gasteiger partial charge in [0.2, 0.25) is 0 Å². The number of anilines is 2. The fraction of sp³-hybridized carbons (Fsp3) is 0.273. The van der Waals surface area contributed by atoms with E-state index < -0.39 is 11.9 Å². The Balaban J connectivity index is 1.17. The number of carbonyl (C=O) groups excluding carboxylic acids is 3. The molecule has 1 aliphatic heterocycles. The summed E-state index contributed by atoms with van der Waals surface area (Å²) in [4.78, 5) is 45.6. The highest BCUT2D eigenvalue weighted by Gasteiger charge is 2.23. The molecule has 6 rings (SSSR count). The van der Waals surface area contributed by atoms with Gasteiger partial charge in [-0.1, -0.05) is 51.0 Å². The van der Waals surface area contributed by atoms with Crippen LogP contribution in [0.2, 0.25) is 0 Å². The van der Waals surface area contributed by atoms with Crippen LogP contribution in [0.25, 0.3) is 10.8 Å². The first-order chi connectivity index (χ1) is 26.9. The molecule has 12 heteroatoms. The molecule has 0 aliphatic carbocycles. The number of nitrogens with zero attached hydrogens (tertiary/aromatic N) is 2. The standard InChI is InChI=1S/C44H46N6O6/c1-6-28-21-29(23-30(22-28)42(52)47-15-16-50-17-19-55-20-18-50)24-32-27-33(13-14-46-32)56-39-12-11-37(34-9-7-8-10-35(34)39)48-43(53)49-38-26-31(44(2,3)4)25-36(41(45)51)40(38)54-5/h1,7-14,21-23,25-27H,15-20,24H2,2-5H3,(H2,45,51)(H,47,52)(H2,48,49,53). The first-order valence-corrected chi connectivity index (χ1v) is 18.4. The van der Waals surface area contributed by atoms with Crippen molar-refractivity contribution in [2.75, 3.05) is 57.1 Å². The minimum atomic E-state index is -0.665. The number of hydrogen-bond acceptors (Lipinski definition) is 8. The number of morpholine rings is 1. The van der Waals surface area contributed by atoms with E-state index in [9.17, 15) is 14.4 Å². The molecule has 0 atom stereocenters. The fourth-order valence-corrected chi connectivity index (χ4v) is 6.52. The number of rotatable bonds is 12. The number of fused-ring (bicyclic) bond motifs is 1. The van der Waals surface area contributed by atoms with Gasteiger partial charge in [-0.25, -0.2) is 4.79 Å². The summed E-state index contributed by atoms with van der Waals surface area (Å²) in [6, 6.07) is 23.1. The molecule has 0 bridgehead atoms. The predicted molar refractivity (Wildman–Crippen MR) is 218 cm³/mol. The Hall–Kier alpha value is -6.42. The van der Waals surface area contributed by atoms with Crippen LogP contribution in [0.5, 0.6) is 17.2 Å². The summed E-state index contributed by atoms with van der Waals surface area (Å²) < 4.78 is 17.3. The maximum absolute atomic E-state index is 13.4. The second kappa shape index (κ2) is 17.4. The van der Waals surface area contributed by atoms with Crippen molar-refractivity contribution in [1.29, 1.82) is 0 Å². The highest BCUT2D eigenvalue weighted by Crippen LogP contribution is 2.37. The molecule has 0 radical (unpaired) electrons. The summed E-state index contributed by atoms with van der Waals surface area (Å²) in [6.45, 7) is 10.4. The molecule has 2 heterocycles. The average molecular weight is 755 g/mol. The molecule has 4 amide bonds. The fourth-order valence-electron chi connectivity index (χ4n) is 6.52. The van der Waals surface area contributed by atoms with Gasteiger partial charge in [-0.05, 0) is 65.1 Å². The van der Waals surface area contributed by atoms with Gasteiger partial charge >= 0.3 is 6.03 Å². The second-order valence-corrected chi connectivity index (χ2v) is 14.5. The molecule has 12 nitrogen and oxygen atoms in total. The van der Waals surface area contributed by atoms with E-state index in [1.54, 1.807) is 42.6 Å². The Morgan fingerprint density at radius 3 is 2.41 bits per heavy atom. The van der Waals surface area contributed by atoms with Crippen molar-refractivity contribution < 1.29 is 28.6 Å². The molecule has 0 unspecified atom stereocenters. The third-order valence-electron chi connectivity index (χ3n) is 9.45. The van der Waals surface area contributed by atoms with E-state index in [1.165, 1.54) is 7.11 Å². The molecule has 1 saturated heterocycles. The summed E-state index contributed by atoms with van der Waals surface area (Å²) in [7, 11) is 1.42. The number of amides is 4. The van der Waals surface area contributed by atoms with Crippen LogP contribution in [-0.4, -0.2) is 74.2 Å². The van der Waals surface area contributed by atoms with E-state index in [0.29, 0.717) is 60.2 Å². The van der Waals surface area contributed by atoms with Crippen LogP contribution < -0.4 is 31.2 Å². The number of pyridine rings is 1. The highest BCUT2D eigenvalue weighted by atomic mass is 16.5. The van der Waals surface area contributed by atoms with Gasteiger partial charge in [0.05, 0.1) is 37.3 Å². The number of ether oxygens (including phenoxy) is 3. The maximum Gasteiger partial charge on any atom is 0.323 e. The zero-order valence-electron chi connectivity index (χ0n) is 32.0. The van der Waals surface area contributed by atoms with Crippen LogP contribution in [0.1, 0.15) is 63.9 Å². The number of benzene rings is 4. The van der Waals surface area contributed by atoms with E-state index in [1.807, 2.05) is 63.2 Å². The highest BCUT2D eigenvalue weighted by molar-refractivity contribution is 6.09. The van der Waals surface area contributed by atoms with E-state index in [2.05, 4.69) is 31.8 Å². The molecule has 1 aliphatic rings. The van der Waals surface area contributed by atoms with Crippen LogP contribution in [0, 0.1) is 12.3 Å². The number of carbonyl (C=O) groups is 3. The second-order valence-electron chi connectivity index (χ2n) is 14.5. The first-order valence-electron chi connectivity index (χ1n) is 18.4. The zero-order chi connectivity index (χ0) is 39.8. The van der Waals surface area contributed by atoms with Crippen molar-refractivity contribution in [3.63, 3.8) is 0 Å². The van der Waals surface area contributed by atoms with E-state index in [0.717, 1.165) is 47.2 Å². The van der Waals surface area contributed by atoms with Crippen molar-refractivity contribution in [3.8, 4) is 29.6 Å². The quantitative estimate of drug-likeness (QED) is 0.102. The summed E-state index contributed by atoms with van der Waals surface area (Å²) in [6.07, 6.45) is 7.86. The summed E-state index contributed by atoms with van der Waals surface area (Å²) >= 11 is 0. The van der Waals surface area contributed by atoms with E-state index in [-0.39, 0.29) is 22.6 Å². The van der Waals surface area contributed by atoms with Crippen LogP contribution in [0.15, 0.2) is 85.1 Å². The van der Waals surface area contributed by atoms with Crippen molar-refractivity contribution in [2.45, 2.75) is 32.6 Å². The lowest BCUT2D eigenvalue weighted by Gasteiger charge is -2.26. The van der Waals surface area contributed by atoms with Crippen molar-refractivity contribution in [2.24, 2.45) is 5.73 Å². The van der Waals surface area contributed by atoms with Gasteiger partial charge in [-0.2, -0.15) is 0 Å². The van der Waals surface area contributed by atoms with Crippen LogP contribution in [0.3, 0.4) is 0 Å². The van der Waals surface area contributed by atoms with Crippen LogP contribution in [0.4, 0.5) is 16.2 Å². The van der Waals surface area contributed by atoms with Gasteiger partial charge in [-0.3, -0.25) is 19.5 Å². The molecule has 56 heavy (non-hydrogen) atoms. The number of primary amides is 1. The Bertz CT molecular complexity index is 2300. The molecule has 1 aromatic heterocycles. The SMILES string of the molecule is C#Cc1cc(Cc2cc(Oc3ccc(NC(=O)Nc4cc(C(C)(C)C)cc(C(N)=O)c4OC)c4ccccc34)ccn2)cc(C(=O)NCCN2CCOCC2)c1. The van der Waals surface area contributed by atoms with Crippen molar-refractivity contribution in [3.05, 3.63) is 119 Å². The molecule has 5 aromatic rings. The molecule has 0 spiro atoms. The number of hydrogen-bond donors (Lipinski definition) is 4. The summed E-state index contributed by atoms with van der Waals surface area (Å²) in [5.41, 5.74) is 9.83. The van der Waals surface area contributed by atoms with Gasteiger partial charge in [0.1, 0.15) is 11.5 Å². The number of nitrogens with one attached hydrogen (secondary N) is 3. The van der Waals surface area contributed by atoms with Gasteiger partial charge in [0.25, 0.3) is 11.8 Å². The van der Waals surface area contributed by atoms with Gasteiger partial charge < -0.3 is 35.9 Å². The lowest BCUT2D eigenvalue weighted by atomic mass is 9.85. The molecule has 0 saturated carbocycles. The third-order valence-corrected chi connectivity index (χ3v) is 9.45. The zero-order valence-corrected chi connectivity index (χ0v) is 32.0. The number of terminal acetylenes is 1.